The molecule has 1 saturated carbocycles. The Morgan fingerprint density at radius 3 is 2.38 bits per heavy atom. The van der Waals surface area contributed by atoms with Crippen LogP contribution in [0.2, 0.25) is 0 Å². The molecule has 1 atom stereocenters. The fourth-order valence-electron chi connectivity index (χ4n) is 2.47. The van der Waals surface area contributed by atoms with Crippen LogP contribution in [0.3, 0.4) is 0 Å². The van der Waals surface area contributed by atoms with Crippen LogP contribution in [0.4, 0.5) is 0 Å². The van der Waals surface area contributed by atoms with E-state index < -0.39 is 0 Å². The molecule has 94 valence electrons. The van der Waals surface area contributed by atoms with Crippen molar-refractivity contribution in [2.45, 2.75) is 58.9 Å². The molecule has 3 nitrogen and oxygen atoms in total. The van der Waals surface area contributed by atoms with Crippen molar-refractivity contribution in [1.29, 1.82) is 0 Å². The summed E-state index contributed by atoms with van der Waals surface area (Å²) in [5, 5.41) is 3.13. The Morgan fingerprint density at radius 1 is 1.44 bits per heavy atom. The first kappa shape index (κ1) is 13.5. The molecule has 0 aromatic carbocycles. The lowest BCUT2D eigenvalue weighted by Gasteiger charge is -2.40. The molecular formula is C13H26N2O. The first-order valence-electron chi connectivity index (χ1n) is 6.52. The van der Waals surface area contributed by atoms with Gasteiger partial charge in [-0.3, -0.25) is 4.79 Å². The van der Waals surface area contributed by atoms with E-state index in [0.29, 0.717) is 24.9 Å². The maximum atomic E-state index is 11.9. The number of hydrogen-bond donors (Lipinski definition) is 2. The number of amides is 1. The van der Waals surface area contributed by atoms with E-state index in [9.17, 15) is 4.79 Å². The third-order valence-corrected chi connectivity index (χ3v) is 3.97. The van der Waals surface area contributed by atoms with Crippen LogP contribution >= 0.6 is 0 Å². The van der Waals surface area contributed by atoms with Gasteiger partial charge in [0.2, 0.25) is 5.91 Å². The molecule has 1 amide bonds. The van der Waals surface area contributed by atoms with Crippen molar-refractivity contribution >= 4 is 5.91 Å². The summed E-state index contributed by atoms with van der Waals surface area (Å²) in [5.74, 6) is 0.690. The van der Waals surface area contributed by atoms with Gasteiger partial charge in [0.15, 0.2) is 0 Å². The summed E-state index contributed by atoms with van der Waals surface area (Å²) in [5.41, 5.74) is 5.88. The Labute approximate surface area is 99.2 Å². The quantitative estimate of drug-likeness (QED) is 0.728. The van der Waals surface area contributed by atoms with Gasteiger partial charge >= 0.3 is 0 Å². The SMILES string of the molecule is CCC(NC(=O)CC1(CN)CCC1)C(C)C. The van der Waals surface area contributed by atoms with Crippen LogP contribution < -0.4 is 11.1 Å². The van der Waals surface area contributed by atoms with Crippen molar-refractivity contribution in [1.82, 2.24) is 5.32 Å². The van der Waals surface area contributed by atoms with E-state index in [2.05, 4.69) is 26.1 Å². The molecule has 0 saturated heterocycles. The summed E-state index contributed by atoms with van der Waals surface area (Å²) in [4.78, 5) is 11.9. The molecule has 0 bridgehead atoms. The van der Waals surface area contributed by atoms with Crippen molar-refractivity contribution < 1.29 is 4.79 Å². The topological polar surface area (TPSA) is 55.1 Å². The van der Waals surface area contributed by atoms with Gasteiger partial charge in [-0.1, -0.05) is 27.2 Å². The minimum Gasteiger partial charge on any atom is -0.353 e. The predicted molar refractivity (Wildman–Crippen MR) is 67.0 cm³/mol. The molecule has 3 N–H and O–H groups in total. The van der Waals surface area contributed by atoms with Crippen LogP contribution in [0.15, 0.2) is 0 Å². The Bertz CT molecular complexity index is 229. The summed E-state index contributed by atoms with van der Waals surface area (Å²) in [6.07, 6.45) is 5.09. The van der Waals surface area contributed by atoms with E-state index in [1.54, 1.807) is 0 Å². The first-order chi connectivity index (χ1) is 7.53. The third-order valence-electron chi connectivity index (χ3n) is 3.97. The van der Waals surface area contributed by atoms with Gasteiger partial charge in [0.05, 0.1) is 0 Å². The Morgan fingerprint density at radius 2 is 2.06 bits per heavy atom. The average Bonchev–Trinajstić information content (AvgIpc) is 2.19. The number of hydrogen-bond acceptors (Lipinski definition) is 2. The highest BCUT2D eigenvalue weighted by Crippen LogP contribution is 2.42. The molecule has 1 unspecified atom stereocenters. The molecule has 0 heterocycles. The fourth-order valence-corrected chi connectivity index (χ4v) is 2.47. The van der Waals surface area contributed by atoms with Gasteiger partial charge in [-0.2, -0.15) is 0 Å². The van der Waals surface area contributed by atoms with Crippen molar-refractivity contribution in [2.24, 2.45) is 17.1 Å². The Balaban J connectivity index is 2.40. The molecule has 16 heavy (non-hydrogen) atoms. The van der Waals surface area contributed by atoms with Crippen molar-refractivity contribution in [2.75, 3.05) is 6.54 Å². The van der Waals surface area contributed by atoms with E-state index in [-0.39, 0.29) is 11.3 Å². The van der Waals surface area contributed by atoms with Crippen LogP contribution in [0.5, 0.6) is 0 Å². The van der Waals surface area contributed by atoms with E-state index in [4.69, 9.17) is 5.73 Å². The number of carbonyl (C=O) groups excluding carboxylic acids is 1. The summed E-state index contributed by atoms with van der Waals surface area (Å²) >= 11 is 0. The van der Waals surface area contributed by atoms with Gasteiger partial charge in [0.25, 0.3) is 0 Å². The molecule has 3 heteroatoms. The lowest BCUT2D eigenvalue weighted by Crippen LogP contribution is -2.45. The molecule has 1 fully saturated rings. The van der Waals surface area contributed by atoms with Crippen LogP contribution in [-0.2, 0) is 4.79 Å². The minimum absolute atomic E-state index is 0.124. The maximum Gasteiger partial charge on any atom is 0.220 e. The summed E-state index contributed by atoms with van der Waals surface area (Å²) < 4.78 is 0. The van der Waals surface area contributed by atoms with E-state index in [1.807, 2.05) is 0 Å². The average molecular weight is 226 g/mol. The minimum atomic E-state index is 0.124. The first-order valence-corrected chi connectivity index (χ1v) is 6.52. The Hall–Kier alpha value is -0.570. The lowest BCUT2D eigenvalue weighted by atomic mass is 9.66. The summed E-state index contributed by atoms with van der Waals surface area (Å²) in [6, 6.07) is 0.308. The van der Waals surface area contributed by atoms with Crippen LogP contribution in [0, 0.1) is 11.3 Å². The zero-order chi connectivity index (χ0) is 12.2. The molecule has 1 rings (SSSR count). The Kier molecular flexibility index (Phi) is 4.78. The maximum absolute atomic E-state index is 11.9. The number of carbonyl (C=O) groups is 1. The molecule has 1 aliphatic carbocycles. The van der Waals surface area contributed by atoms with Gasteiger partial charge in [0.1, 0.15) is 0 Å². The standard InChI is InChI=1S/C13H26N2O/c1-4-11(10(2)3)15-12(16)8-13(9-14)6-5-7-13/h10-11H,4-9,14H2,1-3H3,(H,15,16). The summed E-state index contributed by atoms with van der Waals surface area (Å²) in [6.45, 7) is 7.07. The lowest BCUT2D eigenvalue weighted by molar-refractivity contribution is -0.125. The normalized spacial score (nSPS) is 20.3. The molecule has 0 radical (unpaired) electrons. The molecule has 0 spiro atoms. The van der Waals surface area contributed by atoms with Gasteiger partial charge in [-0.25, -0.2) is 0 Å². The zero-order valence-corrected chi connectivity index (χ0v) is 10.9. The summed E-state index contributed by atoms with van der Waals surface area (Å²) in [7, 11) is 0. The predicted octanol–water partition coefficient (Wildman–Crippen LogP) is 2.06. The van der Waals surface area contributed by atoms with E-state index >= 15 is 0 Å². The highest BCUT2D eigenvalue weighted by Gasteiger charge is 2.37. The van der Waals surface area contributed by atoms with Crippen molar-refractivity contribution in [3.8, 4) is 0 Å². The number of nitrogens with one attached hydrogen (secondary N) is 1. The van der Waals surface area contributed by atoms with Crippen molar-refractivity contribution in [3.05, 3.63) is 0 Å². The van der Waals surface area contributed by atoms with E-state index in [0.717, 1.165) is 19.3 Å². The molecular weight excluding hydrogens is 200 g/mol. The second-order valence-corrected chi connectivity index (χ2v) is 5.56. The molecule has 0 aromatic heterocycles. The third kappa shape index (κ3) is 3.21. The van der Waals surface area contributed by atoms with Gasteiger partial charge < -0.3 is 11.1 Å². The molecule has 0 aliphatic heterocycles. The molecule has 0 aromatic rings. The largest absolute Gasteiger partial charge is 0.353 e. The highest BCUT2D eigenvalue weighted by molar-refractivity contribution is 5.77. The van der Waals surface area contributed by atoms with Gasteiger partial charge in [-0.15, -0.1) is 0 Å². The van der Waals surface area contributed by atoms with E-state index in [1.165, 1.54) is 6.42 Å². The van der Waals surface area contributed by atoms with Crippen LogP contribution in [-0.4, -0.2) is 18.5 Å². The zero-order valence-electron chi connectivity index (χ0n) is 10.9. The second-order valence-electron chi connectivity index (χ2n) is 5.56. The number of rotatable bonds is 6. The smallest absolute Gasteiger partial charge is 0.220 e. The van der Waals surface area contributed by atoms with Crippen LogP contribution in [0.1, 0.15) is 52.9 Å². The van der Waals surface area contributed by atoms with Crippen LogP contribution in [0.25, 0.3) is 0 Å². The van der Waals surface area contributed by atoms with Gasteiger partial charge in [0, 0.05) is 12.5 Å². The second kappa shape index (κ2) is 5.67. The van der Waals surface area contributed by atoms with Gasteiger partial charge in [-0.05, 0) is 37.1 Å². The van der Waals surface area contributed by atoms with Crippen molar-refractivity contribution in [3.63, 3.8) is 0 Å². The monoisotopic (exact) mass is 226 g/mol. The molecule has 1 aliphatic rings. The highest BCUT2D eigenvalue weighted by atomic mass is 16.1. The number of nitrogens with two attached hydrogens (primary N) is 1. The fraction of sp³-hybridized carbons (Fsp3) is 0.923.